The van der Waals surface area contributed by atoms with Crippen LogP contribution in [0, 0.1) is 5.92 Å². The molecule has 34 heavy (non-hydrogen) atoms. The number of carbonyl (C=O) groups is 5. The second-order valence-corrected chi connectivity index (χ2v) is 8.94. The van der Waals surface area contributed by atoms with Crippen LogP contribution in [-0.2, 0) is 28.7 Å². The molecule has 1 aliphatic heterocycles. The molecular formula is C21H37BN4O8. The maximum absolute atomic E-state index is 12.9. The highest BCUT2D eigenvalue weighted by molar-refractivity contribution is 6.43. The highest BCUT2D eigenvalue weighted by Gasteiger charge is 2.38. The van der Waals surface area contributed by atoms with Crippen LogP contribution in [0.2, 0.25) is 0 Å². The Hall–Kier alpha value is -2.67. The molecule has 13 heteroatoms. The van der Waals surface area contributed by atoms with Gasteiger partial charge in [-0.25, -0.2) is 0 Å². The van der Waals surface area contributed by atoms with Gasteiger partial charge in [-0.15, -0.1) is 0 Å². The summed E-state index contributed by atoms with van der Waals surface area (Å²) in [4.78, 5) is 62.5. The van der Waals surface area contributed by atoms with Crippen molar-refractivity contribution in [3.05, 3.63) is 0 Å². The van der Waals surface area contributed by atoms with Gasteiger partial charge in [-0.3, -0.25) is 24.0 Å². The Morgan fingerprint density at radius 2 is 1.65 bits per heavy atom. The van der Waals surface area contributed by atoms with Crippen molar-refractivity contribution >= 4 is 36.7 Å². The molecular weight excluding hydrogens is 447 g/mol. The molecule has 1 fully saturated rings. The number of methoxy groups -OCH3 is 1. The van der Waals surface area contributed by atoms with Crippen molar-refractivity contribution in [2.24, 2.45) is 5.92 Å². The van der Waals surface area contributed by atoms with Crippen molar-refractivity contribution < 1.29 is 38.8 Å². The largest absolute Gasteiger partial charge is 0.475 e. The normalized spacial score (nSPS) is 18.0. The van der Waals surface area contributed by atoms with Gasteiger partial charge >= 0.3 is 13.1 Å². The molecule has 0 bridgehead atoms. The molecule has 0 aliphatic carbocycles. The van der Waals surface area contributed by atoms with Gasteiger partial charge in [0.05, 0.1) is 19.5 Å². The van der Waals surface area contributed by atoms with E-state index in [2.05, 4.69) is 20.7 Å². The lowest BCUT2D eigenvalue weighted by Gasteiger charge is -2.29. The fourth-order valence-electron chi connectivity index (χ4n) is 3.69. The number of amides is 4. The first kappa shape index (κ1) is 29.4. The van der Waals surface area contributed by atoms with Crippen molar-refractivity contribution in [1.29, 1.82) is 0 Å². The lowest BCUT2D eigenvalue weighted by atomic mass is 9.75. The zero-order valence-corrected chi connectivity index (χ0v) is 20.5. The predicted octanol–water partition coefficient (Wildman–Crippen LogP) is -1.52. The quantitative estimate of drug-likeness (QED) is 0.164. The van der Waals surface area contributed by atoms with Crippen LogP contribution in [-0.4, -0.2) is 89.4 Å². The molecule has 4 amide bonds. The van der Waals surface area contributed by atoms with Crippen LogP contribution in [0.15, 0.2) is 0 Å². The summed E-state index contributed by atoms with van der Waals surface area (Å²) < 4.78 is 4.46. The number of ether oxygens (including phenoxy) is 1. The number of hydrogen-bond acceptors (Lipinski definition) is 8. The summed E-state index contributed by atoms with van der Waals surface area (Å²) in [6.45, 7) is 7.04. The lowest BCUT2D eigenvalue weighted by molar-refractivity contribution is -0.142. The summed E-state index contributed by atoms with van der Waals surface area (Å²) in [5.74, 6) is -3.31. The molecule has 0 saturated carbocycles. The predicted molar refractivity (Wildman–Crippen MR) is 123 cm³/mol. The van der Waals surface area contributed by atoms with Crippen molar-refractivity contribution in [3.63, 3.8) is 0 Å². The third kappa shape index (κ3) is 9.30. The minimum absolute atomic E-state index is 0.116. The van der Waals surface area contributed by atoms with Gasteiger partial charge in [-0.1, -0.05) is 13.8 Å². The number of nitrogens with zero attached hydrogens (tertiary/aromatic N) is 1. The number of rotatable bonds is 12. The molecule has 5 N–H and O–H groups in total. The van der Waals surface area contributed by atoms with E-state index >= 15 is 0 Å². The van der Waals surface area contributed by atoms with Crippen LogP contribution < -0.4 is 16.0 Å². The maximum Gasteiger partial charge on any atom is 0.475 e. The van der Waals surface area contributed by atoms with E-state index in [1.165, 1.54) is 25.9 Å². The standard InChI is InChI=1S/C21H37BN4O8/c1-12(2)11-16(22(32)33)25-20(30)15-7-6-10-26(15)21(31)14(4)24-19(29)13(3)23-17(27)8-9-18(28)34-5/h12-16,32-33H,6-11H2,1-5H3,(H,23,27)(H,24,29)(H,25,30)/t13-,14-,15-,16?/m0/s1. The summed E-state index contributed by atoms with van der Waals surface area (Å²) in [5, 5.41) is 26.7. The SMILES string of the molecule is COC(=O)CCC(=O)N[C@@H](C)C(=O)N[C@@H](C)C(=O)N1CCC[C@H]1C(=O)NC(CC(C)C)B(O)O. The molecule has 12 nitrogen and oxygen atoms in total. The van der Waals surface area contributed by atoms with Crippen LogP contribution in [0.5, 0.6) is 0 Å². The summed E-state index contributed by atoms with van der Waals surface area (Å²) in [7, 11) is -0.511. The molecule has 0 aromatic carbocycles. The monoisotopic (exact) mass is 484 g/mol. The molecule has 1 rings (SSSR count). The molecule has 1 saturated heterocycles. The molecule has 192 valence electrons. The molecule has 1 aliphatic rings. The maximum atomic E-state index is 12.9. The summed E-state index contributed by atoms with van der Waals surface area (Å²) in [6.07, 6.45) is 1.12. The summed E-state index contributed by atoms with van der Waals surface area (Å²) in [6, 6.07) is -2.68. The van der Waals surface area contributed by atoms with E-state index in [-0.39, 0.29) is 18.8 Å². The second-order valence-electron chi connectivity index (χ2n) is 8.94. The van der Waals surface area contributed by atoms with Gasteiger partial charge < -0.3 is 35.6 Å². The first-order chi connectivity index (χ1) is 15.9. The Morgan fingerprint density at radius 3 is 2.21 bits per heavy atom. The second kappa shape index (κ2) is 13.9. The fourth-order valence-corrected chi connectivity index (χ4v) is 3.69. The van der Waals surface area contributed by atoms with Crippen LogP contribution >= 0.6 is 0 Å². The Morgan fingerprint density at radius 1 is 1.00 bits per heavy atom. The molecule has 0 aromatic heterocycles. The third-order valence-electron chi connectivity index (χ3n) is 5.54. The Labute approximate surface area is 200 Å². The van der Waals surface area contributed by atoms with E-state index in [4.69, 9.17) is 0 Å². The van der Waals surface area contributed by atoms with Crippen molar-refractivity contribution in [3.8, 4) is 0 Å². The van der Waals surface area contributed by atoms with E-state index in [1.807, 2.05) is 13.8 Å². The average Bonchev–Trinajstić information content (AvgIpc) is 3.25. The van der Waals surface area contributed by atoms with Crippen LogP contribution in [0.1, 0.15) is 59.8 Å². The highest BCUT2D eigenvalue weighted by atomic mass is 16.5. The minimum atomic E-state index is -1.72. The Bertz CT molecular complexity index is 748. The number of hydrogen-bond donors (Lipinski definition) is 5. The molecule has 1 unspecified atom stereocenters. The van der Waals surface area contributed by atoms with Gasteiger partial charge in [0.2, 0.25) is 23.6 Å². The summed E-state index contributed by atoms with van der Waals surface area (Å²) in [5.41, 5.74) is 0. The van der Waals surface area contributed by atoms with E-state index in [0.717, 1.165) is 0 Å². The molecule has 0 spiro atoms. The topological polar surface area (TPSA) is 174 Å². The van der Waals surface area contributed by atoms with Gasteiger partial charge in [0.1, 0.15) is 18.1 Å². The van der Waals surface area contributed by atoms with Crippen molar-refractivity contribution in [2.45, 2.75) is 83.9 Å². The molecule has 1 heterocycles. The van der Waals surface area contributed by atoms with Crippen molar-refractivity contribution in [2.75, 3.05) is 13.7 Å². The first-order valence-electron chi connectivity index (χ1n) is 11.5. The zero-order chi connectivity index (χ0) is 26.0. The van der Waals surface area contributed by atoms with E-state index in [9.17, 15) is 34.0 Å². The average molecular weight is 484 g/mol. The Balaban J connectivity index is 2.66. The van der Waals surface area contributed by atoms with Gasteiger partial charge in [-0.05, 0) is 39.0 Å². The molecule has 0 radical (unpaired) electrons. The van der Waals surface area contributed by atoms with Gasteiger partial charge in [0.25, 0.3) is 0 Å². The van der Waals surface area contributed by atoms with E-state index in [1.54, 1.807) is 0 Å². The van der Waals surface area contributed by atoms with Crippen LogP contribution in [0.3, 0.4) is 0 Å². The Kier molecular flexibility index (Phi) is 12.0. The van der Waals surface area contributed by atoms with Crippen LogP contribution in [0.25, 0.3) is 0 Å². The van der Waals surface area contributed by atoms with Crippen LogP contribution in [0.4, 0.5) is 0 Å². The third-order valence-corrected chi connectivity index (χ3v) is 5.54. The minimum Gasteiger partial charge on any atom is -0.469 e. The number of nitrogens with one attached hydrogen (secondary N) is 3. The van der Waals surface area contributed by atoms with Gasteiger partial charge in [-0.2, -0.15) is 0 Å². The number of esters is 1. The lowest BCUT2D eigenvalue weighted by Crippen LogP contribution is -2.57. The summed E-state index contributed by atoms with van der Waals surface area (Å²) >= 11 is 0. The smallest absolute Gasteiger partial charge is 0.469 e. The van der Waals surface area contributed by atoms with E-state index in [0.29, 0.717) is 25.8 Å². The highest BCUT2D eigenvalue weighted by Crippen LogP contribution is 2.19. The number of likely N-dealkylation sites (tertiary alicyclic amines) is 1. The first-order valence-corrected chi connectivity index (χ1v) is 11.5. The van der Waals surface area contributed by atoms with Gasteiger partial charge in [0.15, 0.2) is 0 Å². The molecule has 4 atom stereocenters. The fraction of sp³-hybridized carbons (Fsp3) is 0.762. The van der Waals surface area contributed by atoms with Gasteiger partial charge in [0, 0.05) is 13.0 Å². The van der Waals surface area contributed by atoms with Crippen molar-refractivity contribution in [1.82, 2.24) is 20.9 Å². The zero-order valence-electron chi connectivity index (χ0n) is 20.5. The molecule has 0 aromatic rings. The van der Waals surface area contributed by atoms with E-state index < -0.39 is 60.8 Å². The number of carbonyl (C=O) groups excluding carboxylic acids is 5.